The summed E-state index contributed by atoms with van der Waals surface area (Å²) >= 11 is 0. The number of benzene rings is 2. The second-order valence-electron chi connectivity index (χ2n) is 6.52. The molecule has 0 radical (unpaired) electrons. The van der Waals surface area contributed by atoms with E-state index in [1.807, 2.05) is 38.1 Å². The van der Waals surface area contributed by atoms with E-state index in [4.69, 9.17) is 4.74 Å². The average molecular weight is 388 g/mol. The number of piperazine rings is 1. The smallest absolute Gasteiger partial charge is 0.245 e. The Morgan fingerprint density at radius 3 is 2.26 bits per heavy atom. The molecule has 1 amide bonds. The number of rotatable bonds is 5. The topological polar surface area (TPSA) is 66.9 Å². The summed E-state index contributed by atoms with van der Waals surface area (Å²) in [7, 11) is -3.71. The molecular weight excluding hydrogens is 364 g/mol. The molecular formula is C20H24N2O4S. The van der Waals surface area contributed by atoms with Crippen LogP contribution in [-0.4, -0.2) is 44.4 Å². The van der Waals surface area contributed by atoms with Gasteiger partial charge in [-0.3, -0.25) is 4.79 Å². The lowest BCUT2D eigenvalue weighted by atomic mass is 10.2. The zero-order valence-corrected chi connectivity index (χ0v) is 16.6. The van der Waals surface area contributed by atoms with E-state index in [2.05, 4.69) is 0 Å². The van der Waals surface area contributed by atoms with Crippen LogP contribution in [0.4, 0.5) is 5.69 Å². The molecule has 1 saturated heterocycles. The van der Waals surface area contributed by atoms with Crippen LogP contribution in [-0.2, 0) is 14.8 Å². The van der Waals surface area contributed by atoms with Gasteiger partial charge in [0.05, 0.1) is 11.5 Å². The quantitative estimate of drug-likeness (QED) is 0.790. The highest BCUT2D eigenvalue weighted by molar-refractivity contribution is 7.89. The molecule has 1 aliphatic heterocycles. The van der Waals surface area contributed by atoms with Gasteiger partial charge in [-0.25, -0.2) is 8.42 Å². The molecule has 0 N–H and O–H groups in total. The van der Waals surface area contributed by atoms with Gasteiger partial charge >= 0.3 is 0 Å². The molecule has 0 aliphatic carbocycles. The highest BCUT2D eigenvalue weighted by atomic mass is 32.2. The fourth-order valence-corrected chi connectivity index (χ4v) is 4.75. The van der Waals surface area contributed by atoms with Gasteiger partial charge in [-0.1, -0.05) is 17.7 Å². The van der Waals surface area contributed by atoms with Crippen LogP contribution in [0.3, 0.4) is 0 Å². The number of anilines is 1. The zero-order valence-electron chi connectivity index (χ0n) is 15.8. The Morgan fingerprint density at radius 2 is 1.67 bits per heavy atom. The van der Waals surface area contributed by atoms with E-state index in [-0.39, 0.29) is 17.3 Å². The summed E-state index contributed by atoms with van der Waals surface area (Å²) in [6.45, 7) is 6.57. The molecule has 2 aromatic carbocycles. The van der Waals surface area contributed by atoms with Crippen molar-refractivity contribution in [2.75, 3.05) is 24.6 Å². The van der Waals surface area contributed by atoms with Gasteiger partial charge in [0, 0.05) is 18.8 Å². The third-order valence-electron chi connectivity index (χ3n) is 4.69. The fraction of sp³-hybridized carbons (Fsp3) is 0.350. The van der Waals surface area contributed by atoms with Crippen molar-refractivity contribution in [1.82, 2.24) is 4.31 Å². The number of nitrogens with zero attached hydrogens (tertiary/aromatic N) is 2. The number of amides is 1. The molecule has 27 heavy (non-hydrogen) atoms. The van der Waals surface area contributed by atoms with Crippen LogP contribution < -0.4 is 9.64 Å². The van der Waals surface area contributed by atoms with E-state index in [0.29, 0.717) is 13.2 Å². The maximum atomic E-state index is 13.0. The SMILES string of the molecule is CCOc1ccc(N2CCN(S(=O)(=O)c3ccc(C)cc3)[C@@H](C)C2=O)cc1. The van der Waals surface area contributed by atoms with Gasteiger partial charge < -0.3 is 9.64 Å². The Bertz CT molecular complexity index is 908. The fourth-order valence-electron chi connectivity index (χ4n) is 3.17. The first-order valence-electron chi connectivity index (χ1n) is 8.97. The lowest BCUT2D eigenvalue weighted by Gasteiger charge is -2.38. The zero-order chi connectivity index (χ0) is 19.6. The van der Waals surface area contributed by atoms with Gasteiger partial charge in [-0.2, -0.15) is 4.31 Å². The second kappa shape index (κ2) is 7.70. The molecule has 6 nitrogen and oxygen atoms in total. The van der Waals surface area contributed by atoms with E-state index in [1.165, 1.54) is 4.31 Å². The van der Waals surface area contributed by atoms with E-state index < -0.39 is 16.1 Å². The van der Waals surface area contributed by atoms with Crippen molar-refractivity contribution < 1.29 is 17.9 Å². The minimum Gasteiger partial charge on any atom is -0.494 e. The van der Waals surface area contributed by atoms with Crippen LogP contribution in [0.5, 0.6) is 5.75 Å². The highest BCUT2D eigenvalue weighted by Gasteiger charge is 2.39. The average Bonchev–Trinajstić information content (AvgIpc) is 2.65. The van der Waals surface area contributed by atoms with E-state index in [0.717, 1.165) is 17.0 Å². The molecule has 1 aliphatic rings. The molecule has 1 heterocycles. The summed E-state index contributed by atoms with van der Waals surface area (Å²) < 4.78 is 32.6. The van der Waals surface area contributed by atoms with Crippen LogP contribution in [0.25, 0.3) is 0 Å². The Balaban J connectivity index is 1.80. The molecule has 0 unspecified atom stereocenters. The van der Waals surface area contributed by atoms with Gasteiger partial charge in [0.1, 0.15) is 11.8 Å². The highest BCUT2D eigenvalue weighted by Crippen LogP contribution is 2.27. The minimum atomic E-state index is -3.71. The lowest BCUT2D eigenvalue weighted by Crippen LogP contribution is -2.57. The molecule has 1 fully saturated rings. The second-order valence-corrected chi connectivity index (χ2v) is 8.41. The number of hydrogen-bond donors (Lipinski definition) is 0. The predicted molar refractivity (Wildman–Crippen MR) is 104 cm³/mol. The Kier molecular flexibility index (Phi) is 5.53. The van der Waals surface area contributed by atoms with E-state index >= 15 is 0 Å². The van der Waals surface area contributed by atoms with Crippen molar-refractivity contribution in [2.45, 2.75) is 31.7 Å². The number of aryl methyl sites for hydroxylation is 1. The lowest BCUT2D eigenvalue weighted by molar-refractivity contribution is -0.123. The van der Waals surface area contributed by atoms with Crippen molar-refractivity contribution in [3.8, 4) is 5.75 Å². The van der Waals surface area contributed by atoms with Crippen molar-refractivity contribution in [2.24, 2.45) is 0 Å². The van der Waals surface area contributed by atoms with Crippen LogP contribution in [0, 0.1) is 6.92 Å². The van der Waals surface area contributed by atoms with Crippen molar-refractivity contribution >= 4 is 21.6 Å². The van der Waals surface area contributed by atoms with Gasteiger partial charge in [0.15, 0.2) is 0 Å². The van der Waals surface area contributed by atoms with Crippen LogP contribution in [0.1, 0.15) is 19.4 Å². The molecule has 3 rings (SSSR count). The monoisotopic (exact) mass is 388 g/mol. The number of sulfonamides is 1. The minimum absolute atomic E-state index is 0.210. The number of carbonyl (C=O) groups excluding carboxylic acids is 1. The maximum absolute atomic E-state index is 13.0. The predicted octanol–water partition coefficient (Wildman–Crippen LogP) is 2.82. The molecule has 0 saturated carbocycles. The third kappa shape index (κ3) is 3.84. The normalized spacial score (nSPS) is 18.6. The van der Waals surface area contributed by atoms with Crippen molar-refractivity contribution in [3.63, 3.8) is 0 Å². The van der Waals surface area contributed by atoms with Gasteiger partial charge in [0.2, 0.25) is 15.9 Å². The number of ether oxygens (including phenoxy) is 1. The van der Waals surface area contributed by atoms with Crippen molar-refractivity contribution in [1.29, 1.82) is 0 Å². The Labute approximate surface area is 160 Å². The standard InChI is InChI=1S/C20H24N2O4S/c1-4-26-18-9-7-17(8-10-18)21-13-14-22(16(3)20(21)23)27(24,25)19-11-5-15(2)6-12-19/h5-12,16H,4,13-14H2,1-3H3/t16-/m0/s1. The summed E-state index contributed by atoms with van der Waals surface area (Å²) in [6, 6.07) is 13.2. The molecule has 1 atom stereocenters. The van der Waals surface area contributed by atoms with E-state index in [1.54, 1.807) is 36.1 Å². The van der Waals surface area contributed by atoms with Crippen molar-refractivity contribution in [3.05, 3.63) is 54.1 Å². The largest absolute Gasteiger partial charge is 0.494 e. The van der Waals surface area contributed by atoms with Gasteiger partial charge in [-0.15, -0.1) is 0 Å². The summed E-state index contributed by atoms with van der Waals surface area (Å²) in [5.74, 6) is 0.503. The summed E-state index contributed by atoms with van der Waals surface area (Å²) in [4.78, 5) is 14.7. The first-order valence-corrected chi connectivity index (χ1v) is 10.4. The molecule has 0 spiro atoms. The number of carbonyl (C=O) groups is 1. The Hall–Kier alpha value is -2.38. The van der Waals surface area contributed by atoms with Gasteiger partial charge in [-0.05, 0) is 57.2 Å². The summed E-state index contributed by atoms with van der Waals surface area (Å²) in [6.07, 6.45) is 0. The Morgan fingerprint density at radius 1 is 1.04 bits per heavy atom. The molecule has 0 bridgehead atoms. The van der Waals surface area contributed by atoms with Crippen LogP contribution in [0.2, 0.25) is 0 Å². The molecule has 0 aromatic heterocycles. The first-order chi connectivity index (χ1) is 12.8. The third-order valence-corrected chi connectivity index (χ3v) is 6.67. The molecule has 7 heteroatoms. The van der Waals surface area contributed by atoms with Gasteiger partial charge in [0.25, 0.3) is 0 Å². The summed E-state index contributed by atoms with van der Waals surface area (Å²) in [5.41, 5.74) is 1.72. The van der Waals surface area contributed by atoms with E-state index in [9.17, 15) is 13.2 Å². The van der Waals surface area contributed by atoms with Crippen LogP contribution in [0.15, 0.2) is 53.4 Å². The maximum Gasteiger partial charge on any atom is 0.245 e. The first kappa shape index (κ1) is 19.4. The molecule has 2 aromatic rings. The number of hydrogen-bond acceptors (Lipinski definition) is 4. The molecule has 144 valence electrons. The summed E-state index contributed by atoms with van der Waals surface area (Å²) in [5, 5.41) is 0. The van der Waals surface area contributed by atoms with Crippen LogP contribution >= 0.6 is 0 Å².